The third kappa shape index (κ3) is 3.00. The molecule has 21 heavy (non-hydrogen) atoms. The minimum absolute atomic E-state index is 0. The van der Waals surface area contributed by atoms with Crippen LogP contribution in [0.4, 0.5) is 8.78 Å². The van der Waals surface area contributed by atoms with Crippen LogP contribution in [0.3, 0.4) is 0 Å². The molecule has 4 nitrogen and oxygen atoms in total. The Balaban J connectivity index is 0.00000220. The van der Waals surface area contributed by atoms with Gasteiger partial charge >= 0.3 is 11.9 Å². The van der Waals surface area contributed by atoms with Crippen LogP contribution in [0.25, 0.3) is 0 Å². The van der Waals surface area contributed by atoms with E-state index in [1.54, 1.807) is 12.1 Å². The number of carbonyl (C=O) groups is 1. The number of nitrogens with two attached hydrogens (primary N) is 1. The summed E-state index contributed by atoms with van der Waals surface area (Å²) in [6.45, 7) is 1.35. The van der Waals surface area contributed by atoms with Gasteiger partial charge in [-0.3, -0.25) is 0 Å². The van der Waals surface area contributed by atoms with Crippen LogP contribution in [0.15, 0.2) is 22.7 Å². The SMILES string of the molecule is CCOC(=O)C(F)(F)[C@@]1(N)CCOc2ccc(Br)cc21.Cl. The summed E-state index contributed by atoms with van der Waals surface area (Å²) in [4.78, 5) is 11.6. The van der Waals surface area contributed by atoms with Gasteiger partial charge in [-0.15, -0.1) is 12.4 Å². The molecule has 1 aliphatic rings. The molecular weight excluding hydrogens is 372 g/mol. The van der Waals surface area contributed by atoms with Crippen LogP contribution in [0.2, 0.25) is 0 Å². The molecule has 1 aromatic rings. The quantitative estimate of drug-likeness (QED) is 0.811. The van der Waals surface area contributed by atoms with E-state index in [9.17, 15) is 13.6 Å². The normalized spacial score (nSPS) is 20.8. The molecule has 0 saturated heterocycles. The number of benzene rings is 1. The lowest BCUT2D eigenvalue weighted by Gasteiger charge is -2.39. The summed E-state index contributed by atoms with van der Waals surface area (Å²) in [6.07, 6.45) is -0.178. The molecule has 1 atom stereocenters. The Bertz CT molecular complexity index is 544. The van der Waals surface area contributed by atoms with Crippen LogP contribution < -0.4 is 10.5 Å². The molecule has 0 aromatic heterocycles. The van der Waals surface area contributed by atoms with Crippen LogP contribution in [-0.4, -0.2) is 25.1 Å². The summed E-state index contributed by atoms with van der Waals surface area (Å²) in [7, 11) is 0. The molecule has 2 N–H and O–H groups in total. The lowest BCUT2D eigenvalue weighted by molar-refractivity contribution is -0.185. The van der Waals surface area contributed by atoms with Crippen LogP contribution in [0.5, 0.6) is 5.75 Å². The van der Waals surface area contributed by atoms with Gasteiger partial charge in [-0.2, -0.15) is 8.78 Å². The number of alkyl halides is 2. The van der Waals surface area contributed by atoms with E-state index in [1.165, 1.54) is 13.0 Å². The maximum atomic E-state index is 14.4. The average Bonchev–Trinajstić information content (AvgIpc) is 2.40. The van der Waals surface area contributed by atoms with E-state index in [2.05, 4.69) is 20.7 Å². The van der Waals surface area contributed by atoms with E-state index in [1.807, 2.05) is 0 Å². The van der Waals surface area contributed by atoms with Crippen molar-refractivity contribution < 1.29 is 23.0 Å². The van der Waals surface area contributed by atoms with Gasteiger partial charge in [0.05, 0.1) is 13.2 Å². The monoisotopic (exact) mass is 385 g/mol. The van der Waals surface area contributed by atoms with Crippen LogP contribution in [0, 0.1) is 0 Å². The molecule has 0 fully saturated rings. The molecule has 0 amide bonds. The van der Waals surface area contributed by atoms with Crippen molar-refractivity contribution in [3.8, 4) is 5.75 Å². The van der Waals surface area contributed by atoms with Gasteiger partial charge in [0.15, 0.2) is 0 Å². The number of hydrogen-bond acceptors (Lipinski definition) is 4. The Morgan fingerprint density at radius 2 is 2.24 bits per heavy atom. The minimum atomic E-state index is -3.83. The van der Waals surface area contributed by atoms with Crippen molar-refractivity contribution in [3.05, 3.63) is 28.2 Å². The molecule has 2 rings (SSSR count). The summed E-state index contributed by atoms with van der Waals surface area (Å²) >= 11 is 3.20. The topological polar surface area (TPSA) is 61.5 Å². The molecule has 1 heterocycles. The van der Waals surface area contributed by atoms with E-state index in [-0.39, 0.29) is 43.4 Å². The van der Waals surface area contributed by atoms with Crippen molar-refractivity contribution in [2.45, 2.75) is 24.8 Å². The molecule has 1 aliphatic heterocycles. The number of fused-ring (bicyclic) bond motifs is 1. The number of esters is 1. The Hall–Kier alpha value is -0.920. The van der Waals surface area contributed by atoms with Gasteiger partial charge in [0, 0.05) is 16.5 Å². The van der Waals surface area contributed by atoms with Gasteiger partial charge in [0.2, 0.25) is 0 Å². The van der Waals surface area contributed by atoms with Gasteiger partial charge < -0.3 is 15.2 Å². The zero-order chi connectivity index (χ0) is 15.0. The van der Waals surface area contributed by atoms with E-state index in [4.69, 9.17) is 10.5 Å². The largest absolute Gasteiger partial charge is 0.493 e. The fraction of sp³-hybridized carbons (Fsp3) is 0.462. The first-order valence-corrected chi connectivity index (χ1v) is 6.89. The Kier molecular flexibility index (Phi) is 5.57. The zero-order valence-corrected chi connectivity index (χ0v) is 13.6. The third-order valence-corrected chi connectivity index (χ3v) is 3.76. The fourth-order valence-electron chi connectivity index (χ4n) is 2.16. The smallest absolute Gasteiger partial charge is 0.379 e. The van der Waals surface area contributed by atoms with Crippen molar-refractivity contribution in [1.29, 1.82) is 0 Å². The van der Waals surface area contributed by atoms with Gasteiger partial charge in [0.1, 0.15) is 11.3 Å². The summed E-state index contributed by atoms with van der Waals surface area (Å²) in [5, 5.41) is 0. The number of carbonyl (C=O) groups excluding carboxylic acids is 1. The molecule has 1 aromatic carbocycles. The standard InChI is InChI=1S/C13H14BrF2NO3.ClH/c1-2-19-11(18)13(15,16)12(17)5-6-20-10-4-3-8(14)7-9(10)12;/h3-4,7H,2,5-6,17H2,1H3;1H/t12-;/m1./s1. The van der Waals surface area contributed by atoms with Crippen molar-refractivity contribution in [1.82, 2.24) is 0 Å². The van der Waals surface area contributed by atoms with Crippen molar-refractivity contribution in [3.63, 3.8) is 0 Å². The van der Waals surface area contributed by atoms with Crippen molar-refractivity contribution in [2.24, 2.45) is 5.73 Å². The second-order valence-electron chi connectivity index (χ2n) is 4.51. The molecule has 0 saturated carbocycles. The average molecular weight is 387 g/mol. The second-order valence-corrected chi connectivity index (χ2v) is 5.42. The highest BCUT2D eigenvalue weighted by atomic mass is 79.9. The third-order valence-electron chi connectivity index (χ3n) is 3.27. The molecule has 0 aliphatic carbocycles. The maximum absolute atomic E-state index is 14.4. The molecule has 8 heteroatoms. The number of hydrogen-bond donors (Lipinski definition) is 1. The molecule has 118 valence electrons. The Morgan fingerprint density at radius 1 is 1.57 bits per heavy atom. The van der Waals surface area contributed by atoms with Crippen molar-refractivity contribution >= 4 is 34.3 Å². The number of rotatable bonds is 3. The summed E-state index contributed by atoms with van der Waals surface area (Å²) in [5.41, 5.74) is 3.85. The number of ether oxygens (including phenoxy) is 2. The first-order chi connectivity index (χ1) is 9.33. The molecule has 0 bridgehead atoms. The van der Waals surface area contributed by atoms with Crippen LogP contribution in [0.1, 0.15) is 18.9 Å². The van der Waals surface area contributed by atoms with E-state index >= 15 is 0 Å². The predicted molar refractivity (Wildman–Crippen MR) is 78.9 cm³/mol. The highest BCUT2D eigenvalue weighted by Gasteiger charge is 2.60. The van der Waals surface area contributed by atoms with Crippen molar-refractivity contribution in [2.75, 3.05) is 13.2 Å². The predicted octanol–water partition coefficient (Wildman–Crippen LogP) is 3.01. The number of halogens is 4. The van der Waals surface area contributed by atoms with E-state index in [0.717, 1.165) is 0 Å². The maximum Gasteiger partial charge on any atom is 0.379 e. The first kappa shape index (κ1) is 18.1. The highest BCUT2D eigenvalue weighted by molar-refractivity contribution is 9.10. The zero-order valence-electron chi connectivity index (χ0n) is 11.2. The fourth-order valence-corrected chi connectivity index (χ4v) is 2.52. The van der Waals surface area contributed by atoms with Crippen LogP contribution >= 0.6 is 28.3 Å². The minimum Gasteiger partial charge on any atom is -0.493 e. The Labute approximate surface area is 135 Å². The summed E-state index contributed by atoms with van der Waals surface area (Å²) < 4.78 is 39.2. The van der Waals surface area contributed by atoms with Gasteiger partial charge in [-0.1, -0.05) is 15.9 Å². The van der Waals surface area contributed by atoms with Gasteiger partial charge in [-0.25, -0.2) is 4.79 Å². The summed E-state index contributed by atoms with van der Waals surface area (Å²) in [6, 6.07) is 4.65. The Morgan fingerprint density at radius 3 is 2.86 bits per heavy atom. The lowest BCUT2D eigenvalue weighted by atomic mass is 9.80. The molecule has 0 radical (unpaired) electrons. The summed E-state index contributed by atoms with van der Waals surface area (Å²) in [5.74, 6) is -5.19. The highest BCUT2D eigenvalue weighted by Crippen LogP contribution is 2.46. The molecule has 0 spiro atoms. The lowest BCUT2D eigenvalue weighted by Crippen LogP contribution is -2.59. The first-order valence-electron chi connectivity index (χ1n) is 6.09. The molecular formula is C13H15BrClF2NO3. The van der Waals surface area contributed by atoms with E-state index < -0.39 is 17.4 Å². The van der Waals surface area contributed by atoms with Gasteiger partial charge in [0.25, 0.3) is 0 Å². The van der Waals surface area contributed by atoms with Gasteiger partial charge in [-0.05, 0) is 25.1 Å². The molecule has 0 unspecified atom stereocenters. The second kappa shape index (κ2) is 6.46. The van der Waals surface area contributed by atoms with E-state index in [0.29, 0.717) is 4.47 Å². The van der Waals surface area contributed by atoms with Crippen LogP contribution in [-0.2, 0) is 15.1 Å².